The summed E-state index contributed by atoms with van der Waals surface area (Å²) in [7, 11) is -3.57. The van der Waals surface area contributed by atoms with Crippen molar-refractivity contribution in [3.63, 3.8) is 0 Å². The predicted molar refractivity (Wildman–Crippen MR) is 115 cm³/mol. The van der Waals surface area contributed by atoms with Crippen LogP contribution in [0, 0.1) is 0 Å². The molecule has 0 aliphatic heterocycles. The number of amides is 1. The number of rotatable bonds is 8. The standard InChI is InChI=1S/C21H20N2O5S2/c1-2-28-20(25)19-18(15-9-5-3-6-10-15)23-21(29-19)22-17(24)13-14-30(26,27)16-11-7-4-8-12-16/h3-12H,2,13-14H2,1H3,(H,22,23,24). The van der Waals surface area contributed by atoms with E-state index in [4.69, 9.17) is 4.74 Å². The van der Waals surface area contributed by atoms with Gasteiger partial charge in [-0.3, -0.25) is 4.79 Å². The normalized spacial score (nSPS) is 11.1. The molecule has 9 heteroatoms. The quantitative estimate of drug-likeness (QED) is 0.530. The molecule has 3 rings (SSSR count). The second-order valence-electron chi connectivity index (χ2n) is 6.21. The van der Waals surface area contributed by atoms with Gasteiger partial charge in [0, 0.05) is 12.0 Å². The van der Waals surface area contributed by atoms with E-state index in [1.54, 1.807) is 37.3 Å². The minimum absolute atomic E-state index is 0.169. The number of thiazole rings is 1. The Morgan fingerprint density at radius 1 is 1.03 bits per heavy atom. The molecule has 0 bridgehead atoms. The number of anilines is 1. The van der Waals surface area contributed by atoms with Crippen LogP contribution in [-0.4, -0.2) is 37.6 Å². The summed E-state index contributed by atoms with van der Waals surface area (Å²) in [5, 5.41) is 2.80. The van der Waals surface area contributed by atoms with E-state index in [0.29, 0.717) is 11.3 Å². The average molecular weight is 445 g/mol. The maximum atomic E-state index is 12.3. The zero-order chi connectivity index (χ0) is 21.6. The molecule has 1 aromatic heterocycles. The summed E-state index contributed by atoms with van der Waals surface area (Å²) in [6.45, 7) is 1.92. The molecule has 0 unspecified atom stereocenters. The molecule has 0 saturated carbocycles. The smallest absolute Gasteiger partial charge is 0.350 e. The summed E-state index contributed by atoms with van der Waals surface area (Å²) in [5.74, 6) is -1.36. The average Bonchev–Trinajstić information content (AvgIpc) is 3.18. The van der Waals surface area contributed by atoms with Crippen LogP contribution in [0.4, 0.5) is 5.13 Å². The van der Waals surface area contributed by atoms with Crippen molar-refractivity contribution in [2.24, 2.45) is 0 Å². The molecule has 0 saturated heterocycles. The number of benzene rings is 2. The molecule has 0 radical (unpaired) electrons. The lowest BCUT2D eigenvalue weighted by Crippen LogP contribution is -2.17. The van der Waals surface area contributed by atoms with Gasteiger partial charge in [-0.05, 0) is 19.1 Å². The number of nitrogens with one attached hydrogen (secondary N) is 1. The fourth-order valence-electron chi connectivity index (χ4n) is 2.65. The van der Waals surface area contributed by atoms with Crippen molar-refractivity contribution in [2.75, 3.05) is 17.7 Å². The number of hydrogen-bond donors (Lipinski definition) is 1. The van der Waals surface area contributed by atoms with E-state index >= 15 is 0 Å². The Labute approximate surface area is 178 Å². The molecule has 1 heterocycles. The van der Waals surface area contributed by atoms with Crippen LogP contribution in [-0.2, 0) is 19.4 Å². The predicted octanol–water partition coefficient (Wildman–Crippen LogP) is 3.79. The summed E-state index contributed by atoms with van der Waals surface area (Å²) in [5.41, 5.74) is 1.12. The fraction of sp³-hybridized carbons (Fsp3) is 0.190. The van der Waals surface area contributed by atoms with Gasteiger partial charge in [-0.15, -0.1) is 0 Å². The lowest BCUT2D eigenvalue weighted by molar-refractivity contribution is -0.115. The van der Waals surface area contributed by atoms with Gasteiger partial charge in [-0.25, -0.2) is 18.2 Å². The van der Waals surface area contributed by atoms with Crippen molar-refractivity contribution in [3.05, 3.63) is 65.5 Å². The maximum Gasteiger partial charge on any atom is 0.350 e. The van der Waals surface area contributed by atoms with Crippen LogP contribution in [0.3, 0.4) is 0 Å². The van der Waals surface area contributed by atoms with Crippen molar-refractivity contribution in [1.29, 1.82) is 0 Å². The third-order valence-electron chi connectivity index (χ3n) is 4.08. The van der Waals surface area contributed by atoms with Gasteiger partial charge < -0.3 is 10.1 Å². The molecule has 3 aromatic rings. The van der Waals surface area contributed by atoms with E-state index in [-0.39, 0.29) is 33.7 Å². The van der Waals surface area contributed by atoms with E-state index in [1.165, 1.54) is 12.1 Å². The second-order valence-corrected chi connectivity index (χ2v) is 9.32. The van der Waals surface area contributed by atoms with Gasteiger partial charge in [-0.1, -0.05) is 59.9 Å². The van der Waals surface area contributed by atoms with E-state index in [0.717, 1.165) is 11.3 Å². The van der Waals surface area contributed by atoms with Gasteiger partial charge in [0.25, 0.3) is 0 Å². The highest BCUT2D eigenvalue weighted by Gasteiger charge is 2.22. The van der Waals surface area contributed by atoms with Gasteiger partial charge in [-0.2, -0.15) is 0 Å². The van der Waals surface area contributed by atoms with Gasteiger partial charge in [0.15, 0.2) is 15.0 Å². The van der Waals surface area contributed by atoms with E-state index < -0.39 is 21.7 Å². The molecule has 0 aliphatic rings. The monoisotopic (exact) mass is 444 g/mol. The number of hydrogen-bond acceptors (Lipinski definition) is 7. The summed E-state index contributed by atoms with van der Waals surface area (Å²) >= 11 is 0.993. The van der Waals surface area contributed by atoms with Crippen molar-refractivity contribution in [3.8, 4) is 11.3 Å². The number of nitrogens with zero attached hydrogens (tertiary/aromatic N) is 1. The minimum atomic E-state index is -3.57. The Balaban J connectivity index is 1.74. The summed E-state index contributed by atoms with van der Waals surface area (Å²) < 4.78 is 29.8. The summed E-state index contributed by atoms with van der Waals surface area (Å²) in [4.78, 5) is 29.4. The molecule has 1 N–H and O–H groups in total. The maximum absolute atomic E-state index is 12.3. The molecule has 0 fully saturated rings. The highest BCUT2D eigenvalue weighted by molar-refractivity contribution is 7.91. The largest absolute Gasteiger partial charge is 0.462 e. The fourth-order valence-corrected chi connectivity index (χ4v) is 4.81. The zero-order valence-corrected chi connectivity index (χ0v) is 17.8. The molecule has 7 nitrogen and oxygen atoms in total. The third kappa shape index (κ3) is 5.31. The molecular formula is C21H20N2O5S2. The first kappa shape index (κ1) is 21.7. The topological polar surface area (TPSA) is 102 Å². The zero-order valence-electron chi connectivity index (χ0n) is 16.2. The molecule has 0 spiro atoms. The van der Waals surface area contributed by atoms with Crippen molar-refractivity contribution < 1.29 is 22.7 Å². The Bertz CT molecular complexity index is 1130. The lowest BCUT2D eigenvalue weighted by Gasteiger charge is -2.04. The highest BCUT2D eigenvalue weighted by atomic mass is 32.2. The van der Waals surface area contributed by atoms with E-state index in [1.807, 2.05) is 18.2 Å². The second kappa shape index (κ2) is 9.64. The van der Waals surface area contributed by atoms with Gasteiger partial charge in [0.05, 0.1) is 22.9 Å². The van der Waals surface area contributed by atoms with Crippen molar-refractivity contribution in [2.45, 2.75) is 18.2 Å². The van der Waals surface area contributed by atoms with Crippen molar-refractivity contribution >= 4 is 38.2 Å². The van der Waals surface area contributed by atoms with Crippen LogP contribution in [0.25, 0.3) is 11.3 Å². The number of carbonyl (C=O) groups excluding carboxylic acids is 2. The third-order valence-corrected chi connectivity index (χ3v) is 6.76. The first-order valence-corrected chi connectivity index (χ1v) is 11.7. The number of esters is 1. The first-order chi connectivity index (χ1) is 14.4. The molecular weight excluding hydrogens is 424 g/mol. The van der Waals surface area contributed by atoms with E-state index in [9.17, 15) is 18.0 Å². The molecule has 0 atom stereocenters. The van der Waals surface area contributed by atoms with E-state index in [2.05, 4.69) is 10.3 Å². The molecule has 0 aliphatic carbocycles. The summed E-state index contributed by atoms with van der Waals surface area (Å²) in [6.07, 6.45) is -0.230. The SMILES string of the molecule is CCOC(=O)c1sc(NC(=O)CCS(=O)(=O)c2ccccc2)nc1-c1ccccc1. The highest BCUT2D eigenvalue weighted by Crippen LogP contribution is 2.32. The molecule has 2 aromatic carbocycles. The van der Waals surface area contributed by atoms with Crippen LogP contribution >= 0.6 is 11.3 Å². The van der Waals surface area contributed by atoms with Crippen LogP contribution in [0.2, 0.25) is 0 Å². The van der Waals surface area contributed by atoms with Crippen LogP contribution in [0.5, 0.6) is 0 Å². The van der Waals surface area contributed by atoms with Crippen LogP contribution < -0.4 is 5.32 Å². The number of carbonyl (C=O) groups is 2. The lowest BCUT2D eigenvalue weighted by atomic mass is 10.1. The minimum Gasteiger partial charge on any atom is -0.462 e. The molecule has 30 heavy (non-hydrogen) atoms. The number of sulfone groups is 1. The first-order valence-electron chi connectivity index (χ1n) is 9.21. The Kier molecular flexibility index (Phi) is 6.96. The van der Waals surface area contributed by atoms with Crippen LogP contribution in [0.15, 0.2) is 65.6 Å². The van der Waals surface area contributed by atoms with Crippen molar-refractivity contribution in [1.82, 2.24) is 4.98 Å². The molecule has 1 amide bonds. The van der Waals surface area contributed by atoms with Crippen LogP contribution in [0.1, 0.15) is 23.0 Å². The van der Waals surface area contributed by atoms with Gasteiger partial charge in [0.1, 0.15) is 4.88 Å². The Hall–Kier alpha value is -3.04. The molecule has 156 valence electrons. The summed E-state index contributed by atoms with van der Waals surface area (Å²) in [6, 6.07) is 17.0. The van der Waals surface area contributed by atoms with Gasteiger partial charge >= 0.3 is 5.97 Å². The number of aromatic nitrogens is 1. The number of ether oxygens (including phenoxy) is 1. The van der Waals surface area contributed by atoms with Gasteiger partial charge in [0.2, 0.25) is 5.91 Å². The Morgan fingerprint density at radius 2 is 1.67 bits per heavy atom. The Morgan fingerprint density at radius 3 is 2.30 bits per heavy atom.